The number of nitrogens with one attached hydrogen (secondary N) is 2. The number of nitrogens with zero attached hydrogens (tertiary/aromatic N) is 2. The molecule has 3 rings (SSSR count). The Hall–Kier alpha value is -3.36. The van der Waals surface area contributed by atoms with Crippen molar-refractivity contribution in [3.63, 3.8) is 0 Å². The van der Waals surface area contributed by atoms with Crippen LogP contribution in [-0.4, -0.2) is 21.1 Å². The smallest absolute Gasteiger partial charge is 0.433 e. The minimum absolute atomic E-state index is 0.0229. The molecule has 3 aromatic rings. The predicted molar refractivity (Wildman–Crippen MR) is 85.3 cm³/mol. The maximum absolute atomic E-state index is 12.6. The summed E-state index contributed by atoms with van der Waals surface area (Å²) in [4.78, 5) is 19.5. The summed E-state index contributed by atoms with van der Waals surface area (Å²) >= 11 is 0. The molecule has 0 saturated heterocycles. The van der Waals surface area contributed by atoms with Crippen LogP contribution in [0.25, 0.3) is 10.9 Å². The van der Waals surface area contributed by atoms with E-state index in [1.807, 2.05) is 0 Å². The lowest BCUT2D eigenvalue weighted by Gasteiger charge is -2.11. The standard InChI is InChI=1S/C16H11F3N4O2/c17-16(18,19)13-2-1-3-14(22-13)23-15(25)21-11-6-7-20-12-8-9(24)4-5-10(11)12/h1-8,24H,(H2,20,21,22,23,25). The van der Waals surface area contributed by atoms with E-state index >= 15 is 0 Å². The largest absolute Gasteiger partial charge is 0.508 e. The number of carbonyl (C=O) groups excluding carboxylic acids is 1. The predicted octanol–water partition coefficient (Wildman–Crippen LogP) is 4.00. The number of phenolic OH excluding ortho intramolecular Hbond substituents is 1. The molecule has 2 amide bonds. The first kappa shape index (κ1) is 16.5. The van der Waals surface area contributed by atoms with Crippen LogP contribution in [0.5, 0.6) is 5.75 Å². The minimum Gasteiger partial charge on any atom is -0.508 e. The second-order valence-electron chi connectivity index (χ2n) is 5.04. The Morgan fingerprint density at radius 2 is 1.88 bits per heavy atom. The zero-order valence-corrected chi connectivity index (χ0v) is 12.5. The summed E-state index contributed by atoms with van der Waals surface area (Å²) in [6.45, 7) is 0. The number of halogens is 3. The zero-order chi connectivity index (χ0) is 18.0. The SMILES string of the molecule is O=C(Nc1cccc(C(F)(F)F)n1)Nc1ccnc2cc(O)ccc12. The average Bonchev–Trinajstić information content (AvgIpc) is 2.54. The maximum atomic E-state index is 12.6. The van der Waals surface area contributed by atoms with Crippen molar-refractivity contribution in [1.82, 2.24) is 9.97 Å². The van der Waals surface area contributed by atoms with Gasteiger partial charge in [-0.1, -0.05) is 6.07 Å². The molecule has 0 aliphatic rings. The summed E-state index contributed by atoms with van der Waals surface area (Å²) in [6, 6.07) is 8.40. The number of hydrogen-bond acceptors (Lipinski definition) is 4. The maximum Gasteiger partial charge on any atom is 0.433 e. The van der Waals surface area contributed by atoms with Gasteiger partial charge in [-0.15, -0.1) is 0 Å². The molecule has 0 spiro atoms. The van der Waals surface area contributed by atoms with Crippen LogP contribution < -0.4 is 10.6 Å². The van der Waals surface area contributed by atoms with Gasteiger partial charge in [-0.05, 0) is 30.3 Å². The number of amides is 2. The van der Waals surface area contributed by atoms with Crippen molar-refractivity contribution in [2.24, 2.45) is 0 Å². The van der Waals surface area contributed by atoms with E-state index in [2.05, 4.69) is 20.6 Å². The zero-order valence-electron chi connectivity index (χ0n) is 12.5. The molecule has 0 atom stereocenters. The molecular weight excluding hydrogens is 337 g/mol. The van der Waals surface area contributed by atoms with Crippen LogP contribution in [0, 0.1) is 0 Å². The highest BCUT2D eigenvalue weighted by Gasteiger charge is 2.32. The molecule has 25 heavy (non-hydrogen) atoms. The minimum atomic E-state index is -4.60. The normalized spacial score (nSPS) is 11.3. The van der Waals surface area contributed by atoms with Crippen molar-refractivity contribution in [3.8, 4) is 5.75 Å². The molecule has 0 radical (unpaired) electrons. The molecule has 9 heteroatoms. The average molecular weight is 348 g/mol. The summed E-state index contributed by atoms with van der Waals surface area (Å²) in [5, 5.41) is 14.8. The summed E-state index contributed by atoms with van der Waals surface area (Å²) in [6.07, 6.45) is -3.17. The molecule has 0 aliphatic heterocycles. The molecule has 3 N–H and O–H groups in total. The summed E-state index contributed by atoms with van der Waals surface area (Å²) in [5.74, 6) is -0.210. The van der Waals surface area contributed by atoms with Gasteiger partial charge in [0.2, 0.25) is 0 Å². The second-order valence-corrected chi connectivity index (χ2v) is 5.04. The number of hydrogen-bond donors (Lipinski definition) is 3. The van der Waals surface area contributed by atoms with Crippen LogP contribution in [0.1, 0.15) is 5.69 Å². The molecule has 0 aliphatic carbocycles. The summed E-state index contributed by atoms with van der Waals surface area (Å²) < 4.78 is 37.9. The van der Waals surface area contributed by atoms with Gasteiger partial charge in [-0.2, -0.15) is 13.2 Å². The van der Waals surface area contributed by atoms with Gasteiger partial charge in [0.25, 0.3) is 0 Å². The number of fused-ring (bicyclic) bond motifs is 1. The number of urea groups is 1. The Labute approximate surface area is 139 Å². The van der Waals surface area contributed by atoms with E-state index in [-0.39, 0.29) is 11.6 Å². The molecular formula is C16H11F3N4O2. The summed E-state index contributed by atoms with van der Waals surface area (Å²) in [5.41, 5.74) is -0.264. The topological polar surface area (TPSA) is 87.1 Å². The fourth-order valence-electron chi connectivity index (χ4n) is 2.18. The van der Waals surface area contributed by atoms with Crippen LogP contribution >= 0.6 is 0 Å². The molecule has 0 unspecified atom stereocenters. The lowest BCUT2D eigenvalue weighted by atomic mass is 10.2. The number of rotatable bonds is 2. The Morgan fingerprint density at radius 3 is 2.64 bits per heavy atom. The number of anilines is 2. The number of pyridine rings is 2. The highest BCUT2D eigenvalue weighted by atomic mass is 19.4. The van der Waals surface area contributed by atoms with E-state index in [0.29, 0.717) is 16.6 Å². The van der Waals surface area contributed by atoms with Crippen LogP contribution in [0.15, 0.2) is 48.7 Å². The molecule has 6 nitrogen and oxygen atoms in total. The van der Waals surface area contributed by atoms with E-state index in [4.69, 9.17) is 0 Å². The number of aromatic nitrogens is 2. The molecule has 2 heterocycles. The molecule has 0 saturated carbocycles. The fourth-order valence-corrected chi connectivity index (χ4v) is 2.18. The van der Waals surface area contributed by atoms with E-state index in [0.717, 1.165) is 12.1 Å². The van der Waals surface area contributed by atoms with Crippen LogP contribution in [0.3, 0.4) is 0 Å². The third kappa shape index (κ3) is 3.77. The van der Waals surface area contributed by atoms with Crippen molar-refractivity contribution in [1.29, 1.82) is 0 Å². The molecule has 0 bridgehead atoms. The Bertz CT molecular complexity index is 944. The first-order valence-electron chi connectivity index (χ1n) is 7.03. The molecule has 1 aromatic carbocycles. The quantitative estimate of drug-likeness (QED) is 0.653. The van der Waals surface area contributed by atoms with Crippen molar-refractivity contribution < 1.29 is 23.1 Å². The van der Waals surface area contributed by atoms with Gasteiger partial charge in [0.05, 0.1) is 11.2 Å². The second kappa shape index (κ2) is 6.27. The molecule has 2 aromatic heterocycles. The third-order valence-electron chi connectivity index (χ3n) is 3.26. The van der Waals surface area contributed by atoms with Gasteiger partial charge < -0.3 is 10.4 Å². The number of aromatic hydroxyl groups is 1. The fraction of sp³-hybridized carbons (Fsp3) is 0.0625. The van der Waals surface area contributed by atoms with Crippen molar-refractivity contribution in [3.05, 3.63) is 54.4 Å². The van der Waals surface area contributed by atoms with E-state index in [9.17, 15) is 23.1 Å². The first-order valence-corrected chi connectivity index (χ1v) is 7.03. The van der Waals surface area contributed by atoms with Gasteiger partial charge in [-0.25, -0.2) is 9.78 Å². The van der Waals surface area contributed by atoms with Crippen molar-refractivity contribution >= 4 is 28.4 Å². The molecule has 0 fully saturated rings. The van der Waals surface area contributed by atoms with E-state index in [1.165, 1.54) is 30.5 Å². The summed E-state index contributed by atoms with van der Waals surface area (Å²) in [7, 11) is 0. The molecule has 128 valence electrons. The Balaban J connectivity index is 1.80. The first-order chi connectivity index (χ1) is 11.8. The van der Waals surface area contributed by atoms with Gasteiger partial charge in [0, 0.05) is 17.6 Å². The third-order valence-corrected chi connectivity index (χ3v) is 3.26. The van der Waals surface area contributed by atoms with Crippen molar-refractivity contribution in [2.75, 3.05) is 10.6 Å². The van der Waals surface area contributed by atoms with E-state index in [1.54, 1.807) is 6.07 Å². The monoisotopic (exact) mass is 348 g/mol. The van der Waals surface area contributed by atoms with Crippen LogP contribution in [0.2, 0.25) is 0 Å². The number of alkyl halides is 3. The van der Waals surface area contributed by atoms with Gasteiger partial charge >= 0.3 is 12.2 Å². The van der Waals surface area contributed by atoms with Gasteiger partial charge in [0.1, 0.15) is 17.3 Å². The van der Waals surface area contributed by atoms with Crippen LogP contribution in [0.4, 0.5) is 29.5 Å². The van der Waals surface area contributed by atoms with Crippen molar-refractivity contribution in [2.45, 2.75) is 6.18 Å². The number of benzene rings is 1. The Morgan fingerprint density at radius 1 is 1.08 bits per heavy atom. The van der Waals surface area contributed by atoms with E-state index < -0.39 is 17.9 Å². The highest BCUT2D eigenvalue weighted by molar-refractivity contribution is 6.05. The number of carbonyl (C=O) groups is 1. The Kier molecular flexibility index (Phi) is 4.14. The lowest BCUT2D eigenvalue weighted by Crippen LogP contribution is -2.21. The highest BCUT2D eigenvalue weighted by Crippen LogP contribution is 2.28. The lowest BCUT2D eigenvalue weighted by molar-refractivity contribution is -0.141. The van der Waals surface area contributed by atoms with Gasteiger partial charge in [0.15, 0.2) is 0 Å². The van der Waals surface area contributed by atoms with Crippen LogP contribution in [-0.2, 0) is 6.18 Å². The number of phenols is 1. The van der Waals surface area contributed by atoms with Gasteiger partial charge in [-0.3, -0.25) is 10.3 Å².